The molecule has 0 atom stereocenters. The summed E-state index contributed by atoms with van der Waals surface area (Å²) in [6.45, 7) is 4.14. The maximum atomic E-state index is 13.3. The van der Waals surface area contributed by atoms with E-state index in [9.17, 15) is 18.0 Å². The molecule has 2 aromatic rings. The molecule has 7 nitrogen and oxygen atoms in total. The van der Waals surface area contributed by atoms with Crippen LogP contribution in [-0.2, 0) is 27.1 Å². The molecule has 31 heavy (non-hydrogen) atoms. The van der Waals surface area contributed by atoms with Gasteiger partial charge in [-0.1, -0.05) is 24.3 Å². The van der Waals surface area contributed by atoms with Crippen molar-refractivity contribution in [3.05, 3.63) is 53.4 Å². The molecule has 1 heterocycles. The molecular formula is C21H24F3N3O4. The Morgan fingerprint density at radius 1 is 1.19 bits per heavy atom. The van der Waals surface area contributed by atoms with Crippen molar-refractivity contribution in [2.75, 3.05) is 32.2 Å². The molecule has 10 heteroatoms. The fourth-order valence-corrected chi connectivity index (χ4v) is 2.50. The molecule has 2 rings (SSSR count). The maximum Gasteiger partial charge on any atom is 0.433 e. The van der Waals surface area contributed by atoms with E-state index in [1.165, 1.54) is 18.3 Å². The van der Waals surface area contributed by atoms with Gasteiger partial charge in [0, 0.05) is 19.7 Å². The number of ether oxygens (including phenoxy) is 3. The Bertz CT molecular complexity index is 932. The molecule has 168 valence electrons. The number of anilines is 1. The smallest absolute Gasteiger partial charge is 0.433 e. The van der Waals surface area contributed by atoms with Crippen molar-refractivity contribution in [1.82, 2.24) is 9.97 Å². The highest BCUT2D eigenvalue weighted by Crippen LogP contribution is 2.31. The number of hydrogen-bond donors (Lipinski definition) is 0. The third-order valence-electron chi connectivity index (χ3n) is 4.25. The second-order valence-corrected chi connectivity index (χ2v) is 6.33. The van der Waals surface area contributed by atoms with E-state index < -0.39 is 17.8 Å². The number of esters is 1. The summed E-state index contributed by atoms with van der Waals surface area (Å²) >= 11 is 0. The fraction of sp³-hybridized carbons (Fsp3) is 0.381. The number of methoxy groups -OCH3 is 1. The first-order chi connectivity index (χ1) is 14.7. The summed E-state index contributed by atoms with van der Waals surface area (Å²) in [5.74, 6) is -0.956. The van der Waals surface area contributed by atoms with Gasteiger partial charge in [-0.15, -0.1) is 0 Å². The average molecular weight is 439 g/mol. The Balaban J connectivity index is 2.38. The van der Waals surface area contributed by atoms with Gasteiger partial charge in [0.15, 0.2) is 5.69 Å². The summed E-state index contributed by atoms with van der Waals surface area (Å²) < 4.78 is 55.4. The highest BCUT2D eigenvalue weighted by molar-refractivity contribution is 6.16. The first-order valence-electron chi connectivity index (χ1n) is 9.49. The van der Waals surface area contributed by atoms with E-state index in [1.807, 2.05) is 0 Å². The van der Waals surface area contributed by atoms with E-state index in [-0.39, 0.29) is 24.0 Å². The predicted octanol–water partition coefficient (Wildman–Crippen LogP) is 4.08. The molecular weight excluding hydrogens is 415 g/mol. The van der Waals surface area contributed by atoms with Crippen LogP contribution in [0.3, 0.4) is 0 Å². The van der Waals surface area contributed by atoms with Crippen molar-refractivity contribution in [1.29, 1.82) is 0 Å². The van der Waals surface area contributed by atoms with E-state index in [4.69, 9.17) is 14.2 Å². The zero-order valence-corrected chi connectivity index (χ0v) is 17.7. The maximum absolute atomic E-state index is 13.3. The van der Waals surface area contributed by atoms with Crippen LogP contribution in [0.4, 0.5) is 19.1 Å². The quantitative estimate of drug-likeness (QED) is 0.331. The summed E-state index contributed by atoms with van der Waals surface area (Å²) in [4.78, 5) is 21.3. The predicted molar refractivity (Wildman–Crippen MR) is 108 cm³/mol. The standard InChI is InChI=1S/C21H24F3N3O4/c1-5-27(3)20-25-17(21(22,23)24)11-18(26-20)31-12-14-9-7-8-10-15(14)16(13-30-6-2)19(28)29-4/h7-11,13H,5-6,12H2,1-4H3/b16-13+. The Kier molecular flexibility index (Phi) is 8.23. The number of nitrogens with zero attached hydrogens (tertiary/aromatic N) is 3. The second-order valence-electron chi connectivity index (χ2n) is 6.33. The van der Waals surface area contributed by atoms with Crippen LogP contribution in [0.25, 0.3) is 5.57 Å². The lowest BCUT2D eigenvalue weighted by Gasteiger charge is -2.18. The van der Waals surface area contributed by atoms with Crippen LogP contribution >= 0.6 is 0 Å². The Labute approximate surface area is 178 Å². The van der Waals surface area contributed by atoms with E-state index in [1.54, 1.807) is 45.2 Å². The summed E-state index contributed by atoms with van der Waals surface area (Å²) in [7, 11) is 2.82. The zero-order chi connectivity index (χ0) is 23.0. The number of carbonyl (C=O) groups is 1. The van der Waals surface area contributed by atoms with Crippen molar-refractivity contribution < 1.29 is 32.2 Å². The van der Waals surface area contributed by atoms with E-state index in [2.05, 4.69) is 9.97 Å². The highest BCUT2D eigenvalue weighted by atomic mass is 19.4. The summed E-state index contributed by atoms with van der Waals surface area (Å²) in [5, 5.41) is 0. The molecule has 0 saturated heterocycles. The monoisotopic (exact) mass is 439 g/mol. The SMILES string of the molecule is CCO/C=C(/C(=O)OC)c1ccccc1COc1cc(C(F)(F)F)nc(N(C)CC)n1. The van der Waals surface area contributed by atoms with Crippen molar-refractivity contribution in [2.45, 2.75) is 26.6 Å². The van der Waals surface area contributed by atoms with Crippen LogP contribution in [0.1, 0.15) is 30.7 Å². The lowest BCUT2D eigenvalue weighted by Crippen LogP contribution is -2.21. The number of aromatic nitrogens is 2. The van der Waals surface area contributed by atoms with Gasteiger partial charge in [0.25, 0.3) is 0 Å². The van der Waals surface area contributed by atoms with Crippen molar-refractivity contribution in [2.24, 2.45) is 0 Å². The number of benzene rings is 1. The average Bonchev–Trinajstić information content (AvgIpc) is 2.76. The van der Waals surface area contributed by atoms with Gasteiger partial charge in [-0.25, -0.2) is 9.78 Å². The lowest BCUT2D eigenvalue weighted by molar-refractivity contribution is -0.141. The van der Waals surface area contributed by atoms with Gasteiger partial charge in [0.1, 0.15) is 12.2 Å². The molecule has 0 bridgehead atoms. The largest absolute Gasteiger partial charge is 0.501 e. The van der Waals surface area contributed by atoms with Crippen LogP contribution in [-0.4, -0.2) is 43.2 Å². The molecule has 0 spiro atoms. The van der Waals surface area contributed by atoms with Crippen molar-refractivity contribution in [3.8, 4) is 5.88 Å². The van der Waals surface area contributed by atoms with Gasteiger partial charge in [0.2, 0.25) is 11.8 Å². The molecule has 0 saturated carbocycles. The summed E-state index contributed by atoms with van der Waals surface area (Å²) in [5.41, 5.74) is 0.0661. The highest BCUT2D eigenvalue weighted by Gasteiger charge is 2.34. The molecule has 0 aliphatic carbocycles. The van der Waals surface area contributed by atoms with Gasteiger partial charge in [-0.05, 0) is 25.0 Å². The topological polar surface area (TPSA) is 73.8 Å². The molecule has 0 N–H and O–H groups in total. The minimum atomic E-state index is -4.65. The van der Waals surface area contributed by atoms with Gasteiger partial charge in [0.05, 0.1) is 20.0 Å². The number of halogens is 3. The molecule has 1 aromatic heterocycles. The molecule has 0 amide bonds. The van der Waals surface area contributed by atoms with Crippen LogP contribution < -0.4 is 9.64 Å². The Morgan fingerprint density at radius 2 is 1.90 bits per heavy atom. The second kappa shape index (κ2) is 10.6. The number of alkyl halides is 3. The van der Waals surface area contributed by atoms with E-state index >= 15 is 0 Å². The van der Waals surface area contributed by atoms with Crippen molar-refractivity contribution in [3.63, 3.8) is 0 Å². The van der Waals surface area contributed by atoms with Crippen LogP contribution in [0, 0.1) is 0 Å². The molecule has 0 fully saturated rings. The fourth-order valence-electron chi connectivity index (χ4n) is 2.50. The van der Waals surface area contributed by atoms with E-state index in [0.717, 1.165) is 6.07 Å². The minimum absolute atomic E-state index is 0.105. The van der Waals surface area contributed by atoms with Crippen LogP contribution in [0.5, 0.6) is 5.88 Å². The molecule has 0 aliphatic heterocycles. The summed E-state index contributed by atoms with van der Waals surface area (Å²) in [6, 6.07) is 7.52. The first kappa shape index (κ1) is 24.0. The summed E-state index contributed by atoms with van der Waals surface area (Å²) in [6.07, 6.45) is -3.37. The first-order valence-corrected chi connectivity index (χ1v) is 9.49. The lowest BCUT2D eigenvalue weighted by atomic mass is 10.0. The van der Waals surface area contributed by atoms with E-state index in [0.29, 0.717) is 24.3 Å². The molecule has 0 unspecified atom stereocenters. The van der Waals surface area contributed by atoms with Gasteiger partial charge in [-0.3, -0.25) is 0 Å². The molecule has 0 aliphatic rings. The van der Waals surface area contributed by atoms with Gasteiger partial charge >= 0.3 is 12.1 Å². The number of rotatable bonds is 9. The Hall–Kier alpha value is -3.30. The Morgan fingerprint density at radius 3 is 2.52 bits per heavy atom. The van der Waals surface area contributed by atoms with Crippen molar-refractivity contribution >= 4 is 17.5 Å². The van der Waals surface area contributed by atoms with Crippen LogP contribution in [0.2, 0.25) is 0 Å². The normalized spacial score (nSPS) is 11.8. The molecule has 0 radical (unpaired) electrons. The third kappa shape index (κ3) is 6.34. The van der Waals surface area contributed by atoms with Gasteiger partial charge in [-0.2, -0.15) is 18.2 Å². The third-order valence-corrected chi connectivity index (χ3v) is 4.25. The van der Waals surface area contributed by atoms with Gasteiger partial charge < -0.3 is 19.1 Å². The molecule has 1 aromatic carbocycles. The van der Waals surface area contributed by atoms with Crippen LogP contribution in [0.15, 0.2) is 36.6 Å². The number of hydrogen-bond acceptors (Lipinski definition) is 7. The zero-order valence-electron chi connectivity index (χ0n) is 17.7. The minimum Gasteiger partial charge on any atom is -0.501 e. The number of carbonyl (C=O) groups excluding carboxylic acids is 1.